The van der Waals surface area contributed by atoms with Crippen LogP contribution in [0.3, 0.4) is 0 Å². The molecule has 0 aliphatic rings. The Hall–Kier alpha value is -2.40. The Kier molecular flexibility index (Phi) is 5.29. The lowest BCUT2D eigenvalue weighted by Crippen LogP contribution is -2.14. The van der Waals surface area contributed by atoms with E-state index >= 15 is 0 Å². The molecule has 0 amide bonds. The van der Waals surface area contributed by atoms with Crippen LogP contribution in [0.1, 0.15) is 17.9 Å². The van der Waals surface area contributed by atoms with Crippen LogP contribution in [-0.4, -0.2) is 23.2 Å². The molecule has 110 valence electrons. The minimum Gasteiger partial charge on any atom is -0.396 e. The molecule has 21 heavy (non-hydrogen) atoms. The van der Waals surface area contributed by atoms with Gasteiger partial charge in [0, 0.05) is 36.9 Å². The van der Waals surface area contributed by atoms with Crippen LogP contribution in [0.5, 0.6) is 0 Å². The van der Waals surface area contributed by atoms with Crippen molar-refractivity contribution in [3.05, 3.63) is 70.3 Å². The van der Waals surface area contributed by atoms with E-state index in [1.807, 2.05) is 30.3 Å². The van der Waals surface area contributed by atoms with E-state index in [1.165, 1.54) is 17.7 Å². The summed E-state index contributed by atoms with van der Waals surface area (Å²) in [6.45, 7) is 0.796. The third-order valence-electron chi connectivity index (χ3n) is 3.38. The lowest BCUT2D eigenvalue weighted by atomic mass is 9.96. The number of benzene rings is 2. The van der Waals surface area contributed by atoms with Gasteiger partial charge in [0.05, 0.1) is 4.92 Å². The summed E-state index contributed by atoms with van der Waals surface area (Å²) >= 11 is 0. The van der Waals surface area contributed by atoms with Crippen LogP contribution in [0, 0.1) is 10.1 Å². The van der Waals surface area contributed by atoms with E-state index < -0.39 is 4.92 Å². The highest BCUT2D eigenvalue weighted by Crippen LogP contribution is 2.21. The van der Waals surface area contributed by atoms with Crippen molar-refractivity contribution in [2.24, 2.45) is 0 Å². The smallest absolute Gasteiger partial charge is 0.269 e. The minimum absolute atomic E-state index is 0.0792. The Bertz CT molecular complexity index is 570. The lowest BCUT2D eigenvalue weighted by molar-refractivity contribution is -0.384. The molecule has 0 radical (unpaired) electrons. The van der Waals surface area contributed by atoms with Gasteiger partial charge in [0.15, 0.2) is 0 Å². The number of aliphatic hydroxyl groups excluding tert-OH is 1. The molecule has 2 aromatic carbocycles. The quantitative estimate of drug-likeness (QED) is 0.605. The van der Waals surface area contributed by atoms with Crippen LogP contribution >= 0.6 is 0 Å². The van der Waals surface area contributed by atoms with Crippen molar-refractivity contribution >= 4 is 11.4 Å². The van der Waals surface area contributed by atoms with E-state index in [0.717, 1.165) is 5.69 Å². The van der Waals surface area contributed by atoms with E-state index in [2.05, 4.69) is 5.32 Å². The molecule has 0 heterocycles. The third-order valence-corrected chi connectivity index (χ3v) is 3.38. The summed E-state index contributed by atoms with van der Waals surface area (Å²) in [5.41, 5.74) is 2.08. The molecule has 0 bridgehead atoms. The van der Waals surface area contributed by atoms with E-state index in [4.69, 9.17) is 0 Å². The van der Waals surface area contributed by atoms with Crippen LogP contribution in [0.2, 0.25) is 0 Å². The summed E-state index contributed by atoms with van der Waals surface area (Å²) in [4.78, 5) is 10.2. The molecule has 1 atom stereocenters. The molecule has 0 aliphatic heterocycles. The molecule has 5 nitrogen and oxygen atoms in total. The zero-order chi connectivity index (χ0) is 15.1. The van der Waals surface area contributed by atoms with Crippen molar-refractivity contribution in [1.82, 2.24) is 0 Å². The molecule has 5 heteroatoms. The molecule has 1 unspecified atom stereocenters. The highest BCUT2D eigenvalue weighted by molar-refractivity contribution is 5.48. The number of rotatable bonds is 7. The third kappa shape index (κ3) is 4.29. The van der Waals surface area contributed by atoms with Crippen LogP contribution in [0.15, 0.2) is 54.6 Å². The molecule has 0 aromatic heterocycles. The molecule has 0 saturated heterocycles. The summed E-state index contributed by atoms with van der Waals surface area (Å²) in [5.74, 6) is 0.200. The zero-order valence-corrected chi connectivity index (χ0v) is 11.6. The predicted octanol–water partition coefficient (Wildman–Crippen LogP) is 3.17. The van der Waals surface area contributed by atoms with Gasteiger partial charge in [-0.3, -0.25) is 10.1 Å². The monoisotopic (exact) mass is 286 g/mol. The number of nitrogens with zero attached hydrogens (tertiary/aromatic N) is 1. The molecule has 0 spiro atoms. The second-order valence-corrected chi connectivity index (χ2v) is 4.80. The van der Waals surface area contributed by atoms with Crippen LogP contribution in [0.4, 0.5) is 11.4 Å². The molecule has 0 fully saturated rings. The Labute approximate surface area is 123 Å². The van der Waals surface area contributed by atoms with Gasteiger partial charge in [0.2, 0.25) is 0 Å². The zero-order valence-electron chi connectivity index (χ0n) is 11.6. The standard InChI is InChI=1S/C16H18N2O3/c19-11-10-14(13-4-2-1-3-5-13)12-17-15-6-8-16(9-7-15)18(20)21/h1-9,14,17,19H,10-12H2. The first kappa shape index (κ1) is 15.0. The normalized spacial score (nSPS) is 11.9. The fourth-order valence-corrected chi connectivity index (χ4v) is 2.21. The topological polar surface area (TPSA) is 75.4 Å². The number of nitro groups is 1. The minimum atomic E-state index is -0.414. The summed E-state index contributed by atoms with van der Waals surface area (Å²) in [5, 5.41) is 23.1. The molecule has 0 aliphatic carbocycles. The Morgan fingerprint density at radius 3 is 2.33 bits per heavy atom. The van der Waals surface area contributed by atoms with Crippen molar-refractivity contribution in [3.63, 3.8) is 0 Å². The van der Waals surface area contributed by atoms with Crippen molar-refractivity contribution in [1.29, 1.82) is 0 Å². The number of aliphatic hydroxyl groups is 1. The molecule has 2 aromatic rings. The van der Waals surface area contributed by atoms with Crippen molar-refractivity contribution in [2.45, 2.75) is 12.3 Å². The van der Waals surface area contributed by atoms with E-state index in [9.17, 15) is 15.2 Å². The Morgan fingerprint density at radius 1 is 1.10 bits per heavy atom. The fraction of sp³-hybridized carbons (Fsp3) is 0.250. The van der Waals surface area contributed by atoms with Gasteiger partial charge in [-0.15, -0.1) is 0 Å². The summed E-state index contributed by atoms with van der Waals surface area (Å²) in [6, 6.07) is 16.3. The predicted molar refractivity (Wildman–Crippen MR) is 82.5 cm³/mol. The number of non-ortho nitro benzene ring substituents is 1. The van der Waals surface area contributed by atoms with Crippen LogP contribution in [-0.2, 0) is 0 Å². The Morgan fingerprint density at radius 2 is 1.76 bits per heavy atom. The molecule has 2 N–H and O–H groups in total. The van der Waals surface area contributed by atoms with Gasteiger partial charge in [0.1, 0.15) is 0 Å². The van der Waals surface area contributed by atoms with E-state index in [0.29, 0.717) is 13.0 Å². The maximum atomic E-state index is 10.6. The number of hydrogen-bond acceptors (Lipinski definition) is 4. The summed E-state index contributed by atoms with van der Waals surface area (Å²) in [7, 11) is 0. The molecular formula is C16H18N2O3. The second-order valence-electron chi connectivity index (χ2n) is 4.80. The van der Waals surface area contributed by atoms with Crippen molar-refractivity contribution in [3.8, 4) is 0 Å². The van der Waals surface area contributed by atoms with Crippen molar-refractivity contribution in [2.75, 3.05) is 18.5 Å². The molecule has 0 saturated carbocycles. The van der Waals surface area contributed by atoms with Crippen molar-refractivity contribution < 1.29 is 10.0 Å². The van der Waals surface area contributed by atoms with Gasteiger partial charge in [0.25, 0.3) is 5.69 Å². The average molecular weight is 286 g/mol. The highest BCUT2D eigenvalue weighted by atomic mass is 16.6. The number of nitrogens with one attached hydrogen (secondary N) is 1. The number of hydrogen-bond donors (Lipinski definition) is 2. The van der Waals surface area contributed by atoms with Crippen LogP contribution < -0.4 is 5.32 Å². The average Bonchev–Trinajstić information content (AvgIpc) is 2.52. The number of nitro benzene ring substituents is 1. The second kappa shape index (κ2) is 7.40. The van der Waals surface area contributed by atoms with Gasteiger partial charge in [-0.05, 0) is 24.1 Å². The molecular weight excluding hydrogens is 268 g/mol. The maximum absolute atomic E-state index is 10.6. The van der Waals surface area contributed by atoms with Gasteiger partial charge in [-0.25, -0.2) is 0 Å². The number of anilines is 1. The van der Waals surface area contributed by atoms with E-state index in [-0.39, 0.29) is 18.2 Å². The fourth-order valence-electron chi connectivity index (χ4n) is 2.21. The van der Waals surface area contributed by atoms with Gasteiger partial charge in [-0.2, -0.15) is 0 Å². The first-order chi connectivity index (χ1) is 10.2. The van der Waals surface area contributed by atoms with Gasteiger partial charge < -0.3 is 10.4 Å². The van der Waals surface area contributed by atoms with Gasteiger partial charge >= 0.3 is 0 Å². The Balaban J connectivity index is 2.00. The van der Waals surface area contributed by atoms with E-state index in [1.54, 1.807) is 12.1 Å². The SMILES string of the molecule is O=[N+]([O-])c1ccc(NCC(CCO)c2ccccc2)cc1. The lowest BCUT2D eigenvalue weighted by Gasteiger charge is -2.17. The largest absolute Gasteiger partial charge is 0.396 e. The van der Waals surface area contributed by atoms with Crippen LogP contribution in [0.25, 0.3) is 0 Å². The maximum Gasteiger partial charge on any atom is 0.269 e. The summed E-state index contributed by atoms with van der Waals surface area (Å²) in [6.07, 6.45) is 0.671. The highest BCUT2D eigenvalue weighted by Gasteiger charge is 2.11. The molecule has 2 rings (SSSR count). The first-order valence-electron chi connectivity index (χ1n) is 6.85. The summed E-state index contributed by atoms with van der Waals surface area (Å²) < 4.78 is 0. The first-order valence-corrected chi connectivity index (χ1v) is 6.85. The van der Waals surface area contributed by atoms with Gasteiger partial charge in [-0.1, -0.05) is 30.3 Å².